The van der Waals surface area contributed by atoms with Crippen molar-refractivity contribution in [2.75, 3.05) is 38.8 Å². The Hall–Kier alpha value is -3.10. The molecule has 1 aromatic carbocycles. The number of carbonyl (C=O) groups excluding carboxylic acids is 2. The highest BCUT2D eigenvalue weighted by Crippen LogP contribution is 2.35. The topological polar surface area (TPSA) is 96.9 Å². The molecule has 0 aliphatic carbocycles. The molecule has 0 spiro atoms. The third-order valence-corrected chi connectivity index (χ3v) is 6.29. The first-order valence-electron chi connectivity index (χ1n) is 11.1. The zero-order chi connectivity index (χ0) is 22.8. The number of aromatic nitrogens is 2. The molecule has 2 aromatic rings. The van der Waals surface area contributed by atoms with E-state index in [1.165, 1.54) is 4.90 Å². The van der Waals surface area contributed by atoms with E-state index in [0.717, 1.165) is 42.7 Å². The van der Waals surface area contributed by atoms with Crippen LogP contribution in [-0.4, -0.2) is 66.7 Å². The number of imide groups is 1. The minimum Gasteiger partial charge on any atom is -0.493 e. The summed E-state index contributed by atoms with van der Waals surface area (Å²) < 4.78 is 10.8. The molecule has 0 radical (unpaired) electrons. The Balaban J connectivity index is 1.44. The van der Waals surface area contributed by atoms with Gasteiger partial charge in [0.25, 0.3) is 5.91 Å². The molecule has 4 rings (SSSR count). The van der Waals surface area contributed by atoms with Gasteiger partial charge in [-0.1, -0.05) is 13.8 Å². The summed E-state index contributed by atoms with van der Waals surface area (Å²) in [5, 5.41) is 3.75. The van der Waals surface area contributed by atoms with Gasteiger partial charge in [-0.25, -0.2) is 14.8 Å². The molecule has 9 heteroatoms. The number of hydrogen-bond acceptors (Lipinski definition) is 7. The van der Waals surface area contributed by atoms with Crippen molar-refractivity contribution in [3.05, 3.63) is 18.5 Å². The predicted molar refractivity (Wildman–Crippen MR) is 121 cm³/mol. The molecule has 2 aliphatic rings. The largest absolute Gasteiger partial charge is 0.493 e. The number of fused-ring (bicyclic) bond motifs is 1. The van der Waals surface area contributed by atoms with Crippen LogP contribution in [0.3, 0.4) is 0 Å². The number of carbonyl (C=O) groups is 2. The number of benzene rings is 1. The second-order valence-electron chi connectivity index (χ2n) is 8.93. The fourth-order valence-corrected chi connectivity index (χ4v) is 4.59. The number of amides is 3. The molecule has 32 heavy (non-hydrogen) atoms. The summed E-state index contributed by atoms with van der Waals surface area (Å²) >= 11 is 0. The lowest BCUT2D eigenvalue weighted by atomic mass is 9.95. The molecule has 2 fully saturated rings. The van der Waals surface area contributed by atoms with E-state index >= 15 is 0 Å². The van der Waals surface area contributed by atoms with Crippen LogP contribution in [0, 0.1) is 11.8 Å². The number of anilines is 1. The smallest absolute Gasteiger partial charge is 0.324 e. The average molecular weight is 442 g/mol. The monoisotopic (exact) mass is 441 g/mol. The maximum Gasteiger partial charge on any atom is 0.324 e. The normalized spacial score (nSPS) is 19.7. The van der Waals surface area contributed by atoms with Crippen molar-refractivity contribution in [2.45, 2.75) is 39.2 Å². The Morgan fingerprint density at radius 2 is 1.78 bits per heavy atom. The van der Waals surface area contributed by atoms with Crippen LogP contribution in [0.5, 0.6) is 11.5 Å². The molecule has 2 aliphatic heterocycles. The second-order valence-corrected chi connectivity index (χ2v) is 8.93. The van der Waals surface area contributed by atoms with Gasteiger partial charge in [0, 0.05) is 31.1 Å². The number of ether oxygens (including phenoxy) is 2. The van der Waals surface area contributed by atoms with Gasteiger partial charge in [-0.3, -0.25) is 9.69 Å². The summed E-state index contributed by atoms with van der Waals surface area (Å²) in [5.74, 6) is 2.68. The maximum absolute atomic E-state index is 12.7. The first-order valence-corrected chi connectivity index (χ1v) is 11.1. The van der Waals surface area contributed by atoms with Crippen LogP contribution >= 0.6 is 0 Å². The number of nitrogens with zero attached hydrogens (tertiary/aromatic N) is 4. The van der Waals surface area contributed by atoms with E-state index in [0.29, 0.717) is 30.4 Å². The van der Waals surface area contributed by atoms with Gasteiger partial charge in [-0.05, 0) is 37.2 Å². The molecule has 1 atom stereocenters. The first-order chi connectivity index (χ1) is 15.4. The van der Waals surface area contributed by atoms with Crippen molar-refractivity contribution >= 4 is 28.7 Å². The SMILES string of the molecule is COc1cc2ncnc(N3CCC(CN4C(=O)NC(CC(C)C)C4=O)CC3)c2cc1OC. The number of urea groups is 1. The predicted octanol–water partition coefficient (Wildman–Crippen LogP) is 2.83. The lowest BCUT2D eigenvalue weighted by Crippen LogP contribution is -2.41. The third kappa shape index (κ3) is 4.28. The van der Waals surface area contributed by atoms with Crippen LogP contribution in [0.15, 0.2) is 18.5 Å². The highest BCUT2D eigenvalue weighted by atomic mass is 16.5. The molecule has 2 saturated heterocycles. The van der Waals surface area contributed by atoms with Crippen molar-refractivity contribution in [3.63, 3.8) is 0 Å². The molecule has 0 saturated carbocycles. The van der Waals surface area contributed by atoms with E-state index in [2.05, 4.69) is 34.0 Å². The molecule has 3 heterocycles. The van der Waals surface area contributed by atoms with Crippen molar-refractivity contribution in [1.82, 2.24) is 20.2 Å². The highest BCUT2D eigenvalue weighted by molar-refractivity contribution is 6.04. The van der Waals surface area contributed by atoms with Gasteiger partial charge in [0.15, 0.2) is 11.5 Å². The number of hydrogen-bond donors (Lipinski definition) is 1. The minimum absolute atomic E-state index is 0.0889. The molecule has 1 N–H and O–H groups in total. The lowest BCUT2D eigenvalue weighted by molar-refractivity contribution is -0.128. The van der Waals surface area contributed by atoms with E-state index in [1.807, 2.05) is 12.1 Å². The van der Waals surface area contributed by atoms with Gasteiger partial charge in [0.2, 0.25) is 0 Å². The van der Waals surface area contributed by atoms with Gasteiger partial charge >= 0.3 is 6.03 Å². The van der Waals surface area contributed by atoms with Gasteiger partial charge in [-0.2, -0.15) is 0 Å². The van der Waals surface area contributed by atoms with Crippen molar-refractivity contribution in [1.29, 1.82) is 0 Å². The molecular weight excluding hydrogens is 410 g/mol. The Morgan fingerprint density at radius 1 is 1.09 bits per heavy atom. The van der Waals surface area contributed by atoms with Crippen LogP contribution in [0.1, 0.15) is 33.1 Å². The van der Waals surface area contributed by atoms with Crippen LogP contribution in [0.25, 0.3) is 10.9 Å². The van der Waals surface area contributed by atoms with Crippen LogP contribution in [-0.2, 0) is 4.79 Å². The highest BCUT2D eigenvalue weighted by Gasteiger charge is 2.39. The Labute approximate surface area is 188 Å². The second kappa shape index (κ2) is 9.18. The standard InChI is InChI=1S/C23H31N5O4/c1-14(2)9-18-22(29)28(23(30)26-18)12-15-5-7-27(8-6-15)21-16-10-19(31-3)20(32-4)11-17(16)24-13-25-21/h10-11,13-15,18H,5-9,12H2,1-4H3,(H,26,30). The van der Waals surface area contributed by atoms with Crippen LogP contribution < -0.4 is 19.7 Å². The van der Waals surface area contributed by atoms with E-state index in [-0.39, 0.29) is 23.9 Å². The van der Waals surface area contributed by atoms with E-state index in [9.17, 15) is 9.59 Å². The number of piperidine rings is 1. The van der Waals surface area contributed by atoms with Gasteiger partial charge in [0.1, 0.15) is 18.2 Å². The molecular formula is C23H31N5O4. The molecule has 9 nitrogen and oxygen atoms in total. The Morgan fingerprint density at radius 3 is 2.44 bits per heavy atom. The molecule has 3 amide bonds. The zero-order valence-electron chi connectivity index (χ0n) is 19.1. The number of rotatable bonds is 7. The summed E-state index contributed by atoms with van der Waals surface area (Å²) in [7, 11) is 3.22. The van der Waals surface area contributed by atoms with E-state index < -0.39 is 0 Å². The molecule has 1 aromatic heterocycles. The van der Waals surface area contributed by atoms with Gasteiger partial charge in [0.05, 0.1) is 19.7 Å². The zero-order valence-corrected chi connectivity index (χ0v) is 19.1. The van der Waals surface area contributed by atoms with Crippen molar-refractivity contribution in [3.8, 4) is 11.5 Å². The number of methoxy groups -OCH3 is 2. The third-order valence-electron chi connectivity index (χ3n) is 6.29. The minimum atomic E-state index is -0.387. The van der Waals surface area contributed by atoms with E-state index in [4.69, 9.17) is 9.47 Å². The molecule has 1 unspecified atom stereocenters. The Bertz CT molecular complexity index is 1000. The molecule has 172 valence electrons. The average Bonchev–Trinajstić information content (AvgIpc) is 3.05. The molecule has 0 bridgehead atoms. The lowest BCUT2D eigenvalue weighted by Gasteiger charge is -2.34. The quantitative estimate of drug-likeness (QED) is 0.660. The van der Waals surface area contributed by atoms with E-state index in [1.54, 1.807) is 20.5 Å². The number of nitrogens with one attached hydrogen (secondary N) is 1. The fraction of sp³-hybridized carbons (Fsp3) is 0.565. The summed E-state index contributed by atoms with van der Waals surface area (Å²) in [6.07, 6.45) is 4.00. The maximum atomic E-state index is 12.7. The van der Waals surface area contributed by atoms with Gasteiger partial charge in [-0.15, -0.1) is 0 Å². The van der Waals surface area contributed by atoms with Gasteiger partial charge < -0.3 is 19.7 Å². The van der Waals surface area contributed by atoms with Crippen LogP contribution in [0.4, 0.5) is 10.6 Å². The summed E-state index contributed by atoms with van der Waals surface area (Å²) in [6.45, 7) is 6.18. The summed E-state index contributed by atoms with van der Waals surface area (Å²) in [6, 6.07) is 3.13. The van der Waals surface area contributed by atoms with Crippen molar-refractivity contribution in [2.24, 2.45) is 11.8 Å². The summed E-state index contributed by atoms with van der Waals surface area (Å²) in [5.41, 5.74) is 0.797. The first kappa shape index (κ1) is 22.1. The summed E-state index contributed by atoms with van der Waals surface area (Å²) in [4.78, 5) is 37.6. The fourth-order valence-electron chi connectivity index (χ4n) is 4.59. The van der Waals surface area contributed by atoms with Crippen molar-refractivity contribution < 1.29 is 19.1 Å². The Kier molecular flexibility index (Phi) is 6.34. The van der Waals surface area contributed by atoms with Crippen LogP contribution in [0.2, 0.25) is 0 Å².